The molecule has 2 aromatic carbocycles. The van der Waals surface area contributed by atoms with Gasteiger partial charge in [-0.2, -0.15) is 8.42 Å². The topological polar surface area (TPSA) is 78.8 Å². The van der Waals surface area contributed by atoms with Crippen LogP contribution in [0.25, 0.3) is 0 Å². The molecule has 1 saturated heterocycles. The normalized spacial score (nSPS) is 20.3. The summed E-state index contributed by atoms with van der Waals surface area (Å²) in [5.41, 5.74) is 3.48. The first kappa shape index (κ1) is 17.7. The Hall–Kier alpha value is -2.67. The van der Waals surface area contributed by atoms with Crippen LogP contribution in [0.3, 0.4) is 0 Å². The number of aryl methyl sites for hydroxylation is 2. The summed E-state index contributed by atoms with van der Waals surface area (Å²) in [7, 11) is -3.70. The molecular formula is C20H21N3O3S. The zero-order valence-corrected chi connectivity index (χ0v) is 16.1. The number of rotatable bonds is 2. The molecule has 2 heterocycles. The van der Waals surface area contributed by atoms with Crippen LogP contribution in [-0.4, -0.2) is 37.6 Å². The fourth-order valence-corrected chi connectivity index (χ4v) is 5.08. The summed E-state index contributed by atoms with van der Waals surface area (Å²) in [6, 6.07) is 12.2. The number of benzene rings is 2. The van der Waals surface area contributed by atoms with E-state index in [1.165, 1.54) is 0 Å². The van der Waals surface area contributed by atoms with Crippen molar-refractivity contribution in [3.63, 3.8) is 0 Å². The fraction of sp³-hybridized carbons (Fsp3) is 0.300. The molecular weight excluding hydrogens is 362 g/mol. The molecule has 1 amide bonds. The highest BCUT2D eigenvalue weighted by Gasteiger charge is 2.39. The van der Waals surface area contributed by atoms with Crippen LogP contribution in [0.4, 0.5) is 5.69 Å². The van der Waals surface area contributed by atoms with Crippen LogP contribution in [-0.2, 0) is 14.8 Å². The first-order valence-corrected chi connectivity index (χ1v) is 10.4. The molecule has 4 rings (SSSR count). The van der Waals surface area contributed by atoms with Crippen LogP contribution in [0.1, 0.15) is 29.5 Å². The maximum atomic E-state index is 12.9. The molecule has 2 aliphatic heterocycles. The Balaban J connectivity index is 1.62. The molecule has 2 aliphatic rings. The second-order valence-electron chi connectivity index (χ2n) is 7.10. The first-order chi connectivity index (χ1) is 12.8. The van der Waals surface area contributed by atoms with Crippen molar-refractivity contribution in [2.24, 2.45) is 4.40 Å². The van der Waals surface area contributed by atoms with Crippen LogP contribution < -0.4 is 5.32 Å². The van der Waals surface area contributed by atoms with Gasteiger partial charge in [0.2, 0.25) is 5.91 Å². The van der Waals surface area contributed by atoms with Gasteiger partial charge in [-0.25, -0.2) is 0 Å². The smallest absolute Gasteiger partial charge is 0.285 e. The minimum atomic E-state index is -3.70. The predicted molar refractivity (Wildman–Crippen MR) is 104 cm³/mol. The molecule has 0 bridgehead atoms. The van der Waals surface area contributed by atoms with E-state index >= 15 is 0 Å². The van der Waals surface area contributed by atoms with Crippen LogP contribution in [0.5, 0.6) is 0 Å². The number of carbonyl (C=O) groups is 1. The van der Waals surface area contributed by atoms with Crippen molar-refractivity contribution in [1.29, 1.82) is 0 Å². The molecule has 1 atom stereocenters. The van der Waals surface area contributed by atoms with E-state index in [-0.39, 0.29) is 10.8 Å². The molecule has 2 aromatic rings. The quantitative estimate of drug-likeness (QED) is 0.865. The summed E-state index contributed by atoms with van der Waals surface area (Å²) >= 11 is 0. The maximum absolute atomic E-state index is 12.9. The number of fused-ring (bicyclic) bond motifs is 1. The predicted octanol–water partition coefficient (Wildman–Crippen LogP) is 2.86. The van der Waals surface area contributed by atoms with Gasteiger partial charge in [-0.05, 0) is 62.1 Å². The second kappa shape index (κ2) is 6.49. The number of sulfonamides is 1. The molecule has 140 valence electrons. The molecule has 0 spiro atoms. The molecule has 0 aromatic heterocycles. The molecule has 6 nitrogen and oxygen atoms in total. The van der Waals surface area contributed by atoms with Crippen LogP contribution >= 0.6 is 0 Å². The number of amidine groups is 1. The SMILES string of the molecule is Cc1cc(C)cc(NC(=O)[C@@H]2CCCN2C2=NS(=O)(=O)c3ccccc32)c1. The van der Waals surface area contributed by atoms with E-state index in [4.69, 9.17) is 0 Å². The van der Waals surface area contributed by atoms with E-state index in [1.807, 2.05) is 36.9 Å². The standard InChI is InChI=1S/C20H21N3O3S/c1-13-10-14(2)12-15(11-13)21-20(24)17-7-5-9-23(17)19-16-6-3-4-8-18(16)27(25,26)22-19/h3-4,6,8,10-12,17H,5,7,9H2,1-2H3,(H,21,24)/t17-/m0/s1. The lowest BCUT2D eigenvalue weighted by molar-refractivity contribution is -0.119. The molecule has 1 N–H and O–H groups in total. The van der Waals surface area contributed by atoms with Gasteiger partial charge in [0.1, 0.15) is 10.9 Å². The van der Waals surface area contributed by atoms with Gasteiger partial charge >= 0.3 is 0 Å². The average molecular weight is 383 g/mol. The van der Waals surface area contributed by atoms with Gasteiger partial charge in [0, 0.05) is 17.8 Å². The van der Waals surface area contributed by atoms with Crippen molar-refractivity contribution < 1.29 is 13.2 Å². The lowest BCUT2D eigenvalue weighted by Crippen LogP contribution is -2.43. The number of amides is 1. The number of hydrogen-bond donors (Lipinski definition) is 1. The highest BCUT2D eigenvalue weighted by Crippen LogP contribution is 2.31. The zero-order chi connectivity index (χ0) is 19.2. The molecule has 7 heteroatoms. The molecule has 0 saturated carbocycles. The third-order valence-electron chi connectivity index (χ3n) is 4.93. The zero-order valence-electron chi connectivity index (χ0n) is 15.3. The lowest BCUT2D eigenvalue weighted by atomic mass is 10.1. The molecule has 0 radical (unpaired) electrons. The van der Waals surface area contributed by atoms with Crippen molar-refractivity contribution in [1.82, 2.24) is 4.90 Å². The van der Waals surface area contributed by atoms with Crippen molar-refractivity contribution >= 4 is 27.5 Å². The van der Waals surface area contributed by atoms with Crippen LogP contribution in [0.15, 0.2) is 51.8 Å². The monoisotopic (exact) mass is 383 g/mol. The minimum Gasteiger partial charge on any atom is -0.343 e. The summed E-state index contributed by atoms with van der Waals surface area (Å²) in [6.07, 6.45) is 1.48. The number of carbonyl (C=O) groups excluding carboxylic acids is 1. The van der Waals surface area contributed by atoms with Crippen LogP contribution in [0, 0.1) is 13.8 Å². The van der Waals surface area contributed by atoms with Crippen molar-refractivity contribution in [3.05, 3.63) is 59.2 Å². The lowest BCUT2D eigenvalue weighted by Gasteiger charge is -2.25. The highest BCUT2D eigenvalue weighted by atomic mass is 32.2. The Labute approximate surface area is 159 Å². The number of nitrogens with one attached hydrogen (secondary N) is 1. The van der Waals surface area contributed by atoms with Gasteiger partial charge in [0.15, 0.2) is 5.84 Å². The summed E-state index contributed by atoms with van der Waals surface area (Å²) in [5.74, 6) is 0.241. The van der Waals surface area contributed by atoms with Gasteiger partial charge < -0.3 is 10.2 Å². The Kier molecular flexibility index (Phi) is 4.26. The molecule has 0 aliphatic carbocycles. The minimum absolute atomic E-state index is 0.137. The number of anilines is 1. The summed E-state index contributed by atoms with van der Waals surface area (Å²) < 4.78 is 28.7. The third-order valence-corrected chi connectivity index (χ3v) is 6.25. The van der Waals surface area contributed by atoms with E-state index in [1.54, 1.807) is 24.3 Å². The Morgan fingerprint density at radius 2 is 1.85 bits per heavy atom. The molecule has 0 unspecified atom stereocenters. The van der Waals surface area contributed by atoms with E-state index in [2.05, 4.69) is 9.71 Å². The summed E-state index contributed by atoms with van der Waals surface area (Å²) in [6.45, 7) is 4.58. The van der Waals surface area contributed by atoms with E-state index in [0.29, 0.717) is 24.4 Å². The Morgan fingerprint density at radius 3 is 2.59 bits per heavy atom. The highest BCUT2D eigenvalue weighted by molar-refractivity contribution is 7.90. The number of likely N-dealkylation sites (tertiary alicyclic amines) is 1. The summed E-state index contributed by atoms with van der Waals surface area (Å²) in [5, 5.41) is 2.98. The van der Waals surface area contributed by atoms with Gasteiger partial charge in [-0.3, -0.25) is 4.79 Å². The molecule has 27 heavy (non-hydrogen) atoms. The second-order valence-corrected chi connectivity index (χ2v) is 8.68. The average Bonchev–Trinajstić information content (AvgIpc) is 3.17. The van der Waals surface area contributed by atoms with E-state index < -0.39 is 16.1 Å². The van der Waals surface area contributed by atoms with E-state index in [9.17, 15) is 13.2 Å². The van der Waals surface area contributed by atoms with E-state index in [0.717, 1.165) is 23.2 Å². The Bertz CT molecular complexity index is 1040. The summed E-state index contributed by atoms with van der Waals surface area (Å²) in [4.78, 5) is 15.0. The fourth-order valence-electron chi connectivity index (χ4n) is 3.86. The third kappa shape index (κ3) is 3.23. The van der Waals surface area contributed by atoms with Gasteiger partial charge in [0.25, 0.3) is 10.0 Å². The number of hydrogen-bond acceptors (Lipinski definition) is 4. The van der Waals surface area contributed by atoms with Crippen molar-refractivity contribution in [2.45, 2.75) is 37.6 Å². The van der Waals surface area contributed by atoms with Crippen molar-refractivity contribution in [2.75, 3.05) is 11.9 Å². The Morgan fingerprint density at radius 1 is 1.15 bits per heavy atom. The largest absolute Gasteiger partial charge is 0.343 e. The van der Waals surface area contributed by atoms with Gasteiger partial charge in [-0.1, -0.05) is 18.2 Å². The molecule has 1 fully saturated rings. The first-order valence-electron chi connectivity index (χ1n) is 8.95. The maximum Gasteiger partial charge on any atom is 0.285 e. The van der Waals surface area contributed by atoms with Crippen LogP contribution in [0.2, 0.25) is 0 Å². The van der Waals surface area contributed by atoms with Crippen molar-refractivity contribution in [3.8, 4) is 0 Å². The van der Waals surface area contributed by atoms with Gasteiger partial charge in [0.05, 0.1) is 0 Å². The number of nitrogens with zero attached hydrogens (tertiary/aromatic N) is 2. The van der Waals surface area contributed by atoms with Gasteiger partial charge in [-0.15, -0.1) is 4.40 Å².